The molecule has 0 aliphatic rings. The number of aromatic amines is 1. The largest absolute Gasteiger partial charge is 0.361 e. The highest BCUT2D eigenvalue weighted by Crippen LogP contribution is 2.03. The minimum absolute atomic E-state index is 0.674. The van der Waals surface area contributed by atoms with Gasteiger partial charge < -0.3 is 10.3 Å². The lowest BCUT2D eigenvalue weighted by Crippen LogP contribution is -2.02. The van der Waals surface area contributed by atoms with E-state index in [1.165, 1.54) is 0 Å². The molecule has 2 aromatic rings. The van der Waals surface area contributed by atoms with Crippen molar-refractivity contribution in [1.29, 1.82) is 0 Å². The van der Waals surface area contributed by atoms with Crippen LogP contribution in [-0.4, -0.2) is 19.7 Å². The Hall–Kier alpha value is -1.78. The first-order valence-electron chi connectivity index (χ1n) is 4.64. The Morgan fingerprint density at radius 2 is 2.50 bits per heavy atom. The molecule has 0 amide bonds. The summed E-state index contributed by atoms with van der Waals surface area (Å²) in [6.07, 6.45) is 5.49. The number of anilines is 1. The van der Waals surface area contributed by atoms with Crippen LogP contribution in [0.25, 0.3) is 0 Å². The van der Waals surface area contributed by atoms with Gasteiger partial charge in [-0.25, -0.2) is 4.98 Å². The molecule has 0 aromatic carbocycles. The quantitative estimate of drug-likeness (QED) is 0.764. The molecule has 2 rings (SSSR count). The van der Waals surface area contributed by atoms with Gasteiger partial charge in [-0.15, -0.1) is 0 Å². The van der Waals surface area contributed by atoms with Crippen molar-refractivity contribution in [3.63, 3.8) is 0 Å². The fraction of sp³-hybridized carbons (Fsp3) is 0.333. The molecule has 2 N–H and O–H groups in total. The first-order chi connectivity index (χ1) is 6.88. The van der Waals surface area contributed by atoms with Crippen LogP contribution in [-0.2, 0) is 13.1 Å². The van der Waals surface area contributed by atoms with Crippen molar-refractivity contribution in [1.82, 2.24) is 19.7 Å². The van der Waals surface area contributed by atoms with E-state index >= 15 is 0 Å². The van der Waals surface area contributed by atoms with Gasteiger partial charge in [0.25, 0.3) is 0 Å². The maximum absolute atomic E-state index is 4.29. The second-order valence-corrected chi connectivity index (χ2v) is 2.95. The minimum atomic E-state index is 0.674. The number of imidazole rings is 1. The van der Waals surface area contributed by atoms with Gasteiger partial charge in [-0.05, 0) is 6.92 Å². The first kappa shape index (κ1) is 8.80. The molecule has 0 atom stereocenters. The molecule has 74 valence electrons. The molecule has 5 nitrogen and oxygen atoms in total. The molecular formula is C9H13N5. The molecule has 0 radical (unpaired) electrons. The fourth-order valence-electron chi connectivity index (χ4n) is 1.20. The van der Waals surface area contributed by atoms with E-state index in [1.54, 1.807) is 6.20 Å². The second-order valence-electron chi connectivity index (χ2n) is 2.95. The van der Waals surface area contributed by atoms with Crippen LogP contribution in [0, 0.1) is 0 Å². The lowest BCUT2D eigenvalue weighted by molar-refractivity contribution is 0.661. The van der Waals surface area contributed by atoms with Crippen LogP contribution in [0.15, 0.2) is 24.7 Å². The van der Waals surface area contributed by atoms with Crippen molar-refractivity contribution in [3.05, 3.63) is 30.5 Å². The van der Waals surface area contributed by atoms with Crippen LogP contribution in [0.1, 0.15) is 12.7 Å². The van der Waals surface area contributed by atoms with Gasteiger partial charge in [-0.1, -0.05) is 0 Å². The van der Waals surface area contributed by atoms with Crippen LogP contribution in [0.5, 0.6) is 0 Å². The molecule has 0 saturated carbocycles. The van der Waals surface area contributed by atoms with E-state index in [2.05, 4.69) is 27.3 Å². The molecule has 0 saturated heterocycles. The van der Waals surface area contributed by atoms with E-state index in [0.29, 0.717) is 6.54 Å². The molecule has 0 aliphatic heterocycles. The van der Waals surface area contributed by atoms with Crippen molar-refractivity contribution in [2.45, 2.75) is 20.0 Å². The highest BCUT2D eigenvalue weighted by atomic mass is 15.3. The number of nitrogens with zero attached hydrogens (tertiary/aromatic N) is 3. The highest BCUT2D eigenvalue weighted by Gasteiger charge is 1.98. The Labute approximate surface area is 82.2 Å². The standard InChI is InChI=1S/C9H13N5/c1-2-14-6-3-8(13-14)12-7-9-10-4-5-11-9/h3-6H,2,7H2,1H3,(H,10,11)(H,12,13). The van der Waals surface area contributed by atoms with Gasteiger partial charge in [0.1, 0.15) is 11.6 Å². The summed E-state index contributed by atoms with van der Waals surface area (Å²) >= 11 is 0. The Morgan fingerprint density at radius 1 is 1.57 bits per heavy atom. The monoisotopic (exact) mass is 191 g/mol. The summed E-state index contributed by atoms with van der Waals surface area (Å²) in [6, 6.07) is 1.95. The average Bonchev–Trinajstić information content (AvgIpc) is 2.86. The number of aryl methyl sites for hydroxylation is 1. The van der Waals surface area contributed by atoms with E-state index in [4.69, 9.17) is 0 Å². The van der Waals surface area contributed by atoms with Crippen LogP contribution in [0.3, 0.4) is 0 Å². The SMILES string of the molecule is CCn1ccc(NCc2ncc[nH]2)n1. The lowest BCUT2D eigenvalue weighted by Gasteiger charge is -1.99. The minimum Gasteiger partial charge on any atom is -0.361 e. The predicted octanol–water partition coefficient (Wildman–Crippen LogP) is 1.24. The van der Waals surface area contributed by atoms with Crippen LogP contribution < -0.4 is 5.32 Å². The Morgan fingerprint density at radius 3 is 3.14 bits per heavy atom. The summed E-state index contributed by atoms with van der Waals surface area (Å²) in [4.78, 5) is 7.13. The summed E-state index contributed by atoms with van der Waals surface area (Å²) in [5, 5.41) is 7.47. The van der Waals surface area contributed by atoms with Gasteiger partial charge in [-0.2, -0.15) is 5.10 Å². The Balaban J connectivity index is 1.92. The maximum Gasteiger partial charge on any atom is 0.148 e. The van der Waals surface area contributed by atoms with Crippen molar-refractivity contribution < 1.29 is 0 Å². The van der Waals surface area contributed by atoms with Crippen molar-refractivity contribution in [2.75, 3.05) is 5.32 Å². The number of aromatic nitrogens is 4. The molecule has 0 spiro atoms. The summed E-state index contributed by atoms with van der Waals surface area (Å²) < 4.78 is 1.88. The van der Waals surface area contributed by atoms with E-state index in [0.717, 1.165) is 18.2 Å². The zero-order chi connectivity index (χ0) is 9.80. The second kappa shape index (κ2) is 3.95. The molecule has 14 heavy (non-hydrogen) atoms. The van der Waals surface area contributed by atoms with Gasteiger partial charge >= 0.3 is 0 Å². The molecule has 0 bridgehead atoms. The molecule has 0 unspecified atom stereocenters. The number of hydrogen-bond donors (Lipinski definition) is 2. The Kier molecular flexibility index (Phi) is 2.48. The molecule has 0 fully saturated rings. The third-order valence-electron chi connectivity index (χ3n) is 1.96. The van der Waals surface area contributed by atoms with Gasteiger partial charge in [-0.3, -0.25) is 4.68 Å². The van der Waals surface area contributed by atoms with Crippen LogP contribution in [0.4, 0.5) is 5.82 Å². The number of hydrogen-bond acceptors (Lipinski definition) is 3. The summed E-state index contributed by atoms with van der Waals surface area (Å²) in [6.45, 7) is 3.62. The highest BCUT2D eigenvalue weighted by molar-refractivity contribution is 5.32. The third-order valence-corrected chi connectivity index (χ3v) is 1.96. The molecule has 0 aliphatic carbocycles. The smallest absolute Gasteiger partial charge is 0.148 e. The third kappa shape index (κ3) is 1.93. The van der Waals surface area contributed by atoms with Crippen LogP contribution >= 0.6 is 0 Å². The van der Waals surface area contributed by atoms with Crippen molar-refractivity contribution in [3.8, 4) is 0 Å². The molecule has 2 heterocycles. The van der Waals surface area contributed by atoms with E-state index in [1.807, 2.05) is 23.1 Å². The maximum atomic E-state index is 4.29. The normalized spacial score (nSPS) is 10.4. The van der Waals surface area contributed by atoms with E-state index in [-0.39, 0.29) is 0 Å². The number of nitrogens with one attached hydrogen (secondary N) is 2. The predicted molar refractivity (Wildman–Crippen MR) is 53.8 cm³/mol. The summed E-state index contributed by atoms with van der Waals surface area (Å²) in [5.74, 6) is 1.79. The number of rotatable bonds is 4. The zero-order valence-electron chi connectivity index (χ0n) is 8.07. The molecular weight excluding hydrogens is 178 g/mol. The Bertz CT molecular complexity index is 376. The van der Waals surface area contributed by atoms with Gasteiger partial charge in [0.2, 0.25) is 0 Å². The van der Waals surface area contributed by atoms with Gasteiger partial charge in [0.15, 0.2) is 0 Å². The van der Waals surface area contributed by atoms with Crippen molar-refractivity contribution >= 4 is 5.82 Å². The van der Waals surface area contributed by atoms with E-state index in [9.17, 15) is 0 Å². The van der Waals surface area contributed by atoms with Crippen molar-refractivity contribution in [2.24, 2.45) is 0 Å². The molecule has 2 aromatic heterocycles. The number of H-pyrrole nitrogens is 1. The topological polar surface area (TPSA) is 58.5 Å². The van der Waals surface area contributed by atoms with Gasteiger partial charge in [0, 0.05) is 31.2 Å². The zero-order valence-corrected chi connectivity index (χ0v) is 8.07. The first-order valence-corrected chi connectivity index (χ1v) is 4.64. The van der Waals surface area contributed by atoms with Gasteiger partial charge in [0.05, 0.1) is 6.54 Å². The average molecular weight is 191 g/mol. The van der Waals surface area contributed by atoms with E-state index < -0.39 is 0 Å². The molecule has 5 heteroatoms. The summed E-state index contributed by atoms with van der Waals surface area (Å²) in [5.41, 5.74) is 0. The van der Waals surface area contributed by atoms with Crippen LogP contribution in [0.2, 0.25) is 0 Å². The lowest BCUT2D eigenvalue weighted by atomic mass is 10.5. The fourth-order valence-corrected chi connectivity index (χ4v) is 1.20. The summed E-state index contributed by atoms with van der Waals surface area (Å²) in [7, 11) is 0.